The van der Waals surface area contributed by atoms with E-state index in [1.54, 1.807) is 0 Å². The second-order valence-electron chi connectivity index (χ2n) is 9.76. The van der Waals surface area contributed by atoms with Crippen LogP contribution < -0.4 is 5.32 Å². The van der Waals surface area contributed by atoms with E-state index in [1.165, 1.54) is 18.3 Å². The normalized spacial score (nSPS) is 19.1. The van der Waals surface area contributed by atoms with E-state index in [-0.39, 0.29) is 21.8 Å². The van der Waals surface area contributed by atoms with Crippen molar-refractivity contribution in [1.29, 1.82) is 0 Å². The number of carbonyl (C=O) groups is 1. The van der Waals surface area contributed by atoms with Gasteiger partial charge in [-0.3, -0.25) is 9.78 Å². The fourth-order valence-corrected chi connectivity index (χ4v) is 4.63. The fourth-order valence-electron chi connectivity index (χ4n) is 4.45. The number of aromatic nitrogens is 1. The molecule has 166 valence electrons. The van der Waals surface area contributed by atoms with E-state index < -0.39 is 56.7 Å². The van der Waals surface area contributed by atoms with Crippen LogP contribution in [0.25, 0.3) is 0 Å². The summed E-state index contributed by atoms with van der Waals surface area (Å²) in [4.78, 5) is 18.0. The Labute approximate surface area is 241 Å². The summed E-state index contributed by atoms with van der Waals surface area (Å²) in [5.74, 6) is -1.52. The lowest BCUT2D eigenvalue weighted by Crippen LogP contribution is -2.79. The Bertz CT molecular complexity index is 1210. The molecule has 18 heteroatoms. The van der Waals surface area contributed by atoms with Gasteiger partial charge in [0.2, 0.25) is 0 Å². The average Bonchev–Trinajstić information content (AvgIpc) is 2.76. The first kappa shape index (κ1) is 31.2. The average molecular weight is 502 g/mol. The van der Waals surface area contributed by atoms with Crippen molar-refractivity contribution in [2.45, 2.75) is 31.9 Å². The molecule has 0 saturated carbocycles. The lowest BCUT2D eigenvalue weighted by atomic mass is 9.24. The van der Waals surface area contributed by atoms with E-state index in [0.717, 1.165) is 23.1 Å². The Hall–Kier alpha value is -1.34. The quantitative estimate of drug-likeness (QED) is 0.480. The standard InChI is InChI=1S/C20H11B11ClF2N3O/c21-15(22)7-37(14(38)9-1-3-12(33)11(32)5-9)8-16(23,24)19(15,34)20(30,31)36-18(28,29)13-4-2-10(6-35-13)17(25,26)27/h1-6,36H,7-8H2. The number of hydrogen-bond acceptors (Lipinski definition) is 3. The predicted octanol–water partition coefficient (Wildman–Crippen LogP) is -1.71. The molecular formula is C20H11B11ClF2N3O. The van der Waals surface area contributed by atoms with E-state index in [2.05, 4.69) is 10.3 Å². The first-order valence-electron chi connectivity index (χ1n) is 10.9. The zero-order chi connectivity index (χ0) is 29.1. The van der Waals surface area contributed by atoms with Crippen LogP contribution in [-0.2, 0) is 10.5 Å². The van der Waals surface area contributed by atoms with Crippen molar-refractivity contribution in [3.63, 3.8) is 0 Å². The number of hydrogen-bond donors (Lipinski definition) is 1. The van der Waals surface area contributed by atoms with E-state index >= 15 is 4.39 Å². The summed E-state index contributed by atoms with van der Waals surface area (Å²) < 4.78 is 30.5. The Morgan fingerprint density at radius 1 is 0.974 bits per heavy atom. The highest BCUT2D eigenvalue weighted by molar-refractivity contribution is 6.59. The Morgan fingerprint density at radius 2 is 1.53 bits per heavy atom. The van der Waals surface area contributed by atoms with E-state index in [1.807, 2.05) is 0 Å². The maximum atomic E-state index is 16.9. The van der Waals surface area contributed by atoms with Crippen LogP contribution in [0.15, 0.2) is 36.5 Å². The van der Waals surface area contributed by atoms with Crippen molar-refractivity contribution in [1.82, 2.24) is 15.2 Å². The smallest absolute Gasteiger partial charge is 0.253 e. The fraction of sp³-hybridized carbons (Fsp3) is 0.400. The van der Waals surface area contributed by atoms with Crippen LogP contribution in [0, 0.1) is 5.82 Å². The predicted molar refractivity (Wildman–Crippen MR) is 153 cm³/mol. The van der Waals surface area contributed by atoms with Crippen molar-refractivity contribution in [3.05, 3.63) is 64.2 Å². The molecule has 0 unspecified atom stereocenters. The summed E-state index contributed by atoms with van der Waals surface area (Å²) in [6.45, 7) is -1.38. The van der Waals surface area contributed by atoms with E-state index in [9.17, 15) is 9.18 Å². The Morgan fingerprint density at radius 3 is 1.97 bits per heavy atom. The molecule has 1 aromatic carbocycles. The van der Waals surface area contributed by atoms with Gasteiger partial charge in [0.05, 0.1) is 97.0 Å². The van der Waals surface area contributed by atoms with Gasteiger partial charge < -0.3 is 10.2 Å². The monoisotopic (exact) mass is 503 g/mol. The van der Waals surface area contributed by atoms with Gasteiger partial charge in [0.15, 0.2) is 0 Å². The number of rotatable bonds is 6. The molecule has 1 aliphatic rings. The number of nitrogens with one attached hydrogen (secondary N) is 1. The molecule has 1 fully saturated rings. The van der Waals surface area contributed by atoms with Gasteiger partial charge in [0, 0.05) is 30.5 Å². The first-order valence-corrected chi connectivity index (χ1v) is 11.3. The number of carbonyl (C=O) groups excluding carboxylic acids is 1. The zero-order valence-corrected chi connectivity index (χ0v) is 20.9. The largest absolute Gasteiger partial charge is 0.340 e. The molecule has 4 nitrogen and oxygen atoms in total. The van der Waals surface area contributed by atoms with Crippen LogP contribution in [0.5, 0.6) is 0 Å². The molecule has 2 heterocycles. The molecule has 1 aliphatic heterocycles. The molecule has 2 aromatic rings. The van der Waals surface area contributed by atoms with Crippen molar-refractivity contribution < 1.29 is 13.6 Å². The van der Waals surface area contributed by atoms with Gasteiger partial charge in [-0.15, -0.1) is 5.11 Å². The molecule has 1 aromatic heterocycles. The maximum Gasteiger partial charge on any atom is 0.253 e. The summed E-state index contributed by atoms with van der Waals surface area (Å²) in [6, 6.07) is 5.85. The molecule has 0 spiro atoms. The zero-order valence-electron chi connectivity index (χ0n) is 20.2. The number of halogens is 3. The number of likely N-dealkylation sites (tertiary alicyclic amines) is 1. The van der Waals surface area contributed by atoms with Gasteiger partial charge >= 0.3 is 0 Å². The maximum absolute atomic E-state index is 16.9. The van der Waals surface area contributed by atoms with Gasteiger partial charge in [-0.05, 0) is 50.9 Å². The highest BCUT2D eigenvalue weighted by atomic mass is 35.5. The number of alkyl halides is 1. The van der Waals surface area contributed by atoms with Crippen LogP contribution in [0.3, 0.4) is 0 Å². The summed E-state index contributed by atoms with van der Waals surface area (Å²) in [5, 5.41) is -9.93. The molecule has 1 amide bonds. The van der Waals surface area contributed by atoms with Gasteiger partial charge in [-0.2, -0.15) is 0 Å². The van der Waals surface area contributed by atoms with Crippen LogP contribution in [0.1, 0.15) is 21.6 Å². The van der Waals surface area contributed by atoms with Crippen molar-refractivity contribution in [2.24, 2.45) is 0 Å². The molecule has 3 rings (SSSR count). The van der Waals surface area contributed by atoms with Gasteiger partial charge in [0.1, 0.15) is 5.82 Å². The minimum atomic E-state index is -3.28. The third-order valence-electron chi connectivity index (χ3n) is 6.31. The number of piperidine rings is 1. The molecule has 1 N–H and O–H groups in total. The Balaban J connectivity index is 1.93. The third kappa shape index (κ3) is 5.48. The van der Waals surface area contributed by atoms with Crippen molar-refractivity contribution in [2.75, 3.05) is 13.1 Å². The second-order valence-corrected chi connectivity index (χ2v) is 10.2. The molecule has 0 aliphatic carbocycles. The van der Waals surface area contributed by atoms with Crippen LogP contribution in [-0.4, -0.2) is 126 Å². The third-order valence-corrected chi connectivity index (χ3v) is 6.60. The second kappa shape index (κ2) is 9.94. The van der Waals surface area contributed by atoms with Crippen LogP contribution >= 0.6 is 11.6 Å². The first-order chi connectivity index (χ1) is 17.1. The topological polar surface area (TPSA) is 45.2 Å². The molecule has 0 atom stereocenters. The summed E-state index contributed by atoms with van der Waals surface area (Å²) in [5.41, 5.74) is -3.23. The van der Waals surface area contributed by atoms with E-state index in [4.69, 9.17) is 97.9 Å². The molecule has 22 radical (unpaired) electrons. The molecular weight excluding hydrogens is 491 g/mol. The lowest BCUT2D eigenvalue weighted by Gasteiger charge is -2.66. The molecule has 1 saturated heterocycles. The lowest BCUT2D eigenvalue weighted by molar-refractivity contribution is 0.00532. The molecule has 38 heavy (non-hydrogen) atoms. The minimum Gasteiger partial charge on any atom is -0.340 e. The minimum absolute atomic E-state index is 0.0619. The van der Waals surface area contributed by atoms with Crippen molar-refractivity contribution in [3.8, 4) is 0 Å². The molecule has 0 bridgehead atoms. The summed E-state index contributed by atoms with van der Waals surface area (Å²) in [6.07, 6.45) is 1.18. The summed E-state index contributed by atoms with van der Waals surface area (Å²) in [7, 11) is 65.9. The number of amides is 1. The number of pyridine rings is 1. The van der Waals surface area contributed by atoms with E-state index in [0.29, 0.717) is 0 Å². The highest BCUT2D eigenvalue weighted by Crippen LogP contribution is 2.58. The number of nitrogens with zero attached hydrogens (tertiary/aromatic N) is 2. The van der Waals surface area contributed by atoms with Crippen LogP contribution in [0.2, 0.25) is 15.5 Å². The van der Waals surface area contributed by atoms with Gasteiger partial charge in [-0.1, -0.05) is 17.7 Å². The van der Waals surface area contributed by atoms with Crippen molar-refractivity contribution >= 4 is 104 Å². The SMILES string of the molecule is [B]C([B])([B])c1ccc(C([B])([B])NC([B])([B])C2(F)C([B])([B])CN(C(=O)c3ccc(F)c(Cl)c3)CC2([B])[B])nc1. The Kier molecular flexibility index (Phi) is 8.16. The number of benzene rings is 1. The summed E-state index contributed by atoms with van der Waals surface area (Å²) >= 11 is 5.76. The highest BCUT2D eigenvalue weighted by Gasteiger charge is 2.65. The van der Waals surface area contributed by atoms with Gasteiger partial charge in [0.25, 0.3) is 5.91 Å². The van der Waals surface area contributed by atoms with Crippen LogP contribution in [0.4, 0.5) is 8.78 Å². The van der Waals surface area contributed by atoms with Gasteiger partial charge in [-0.25, -0.2) is 8.78 Å².